The normalized spacial score (nSPS) is 18.5. The number of rotatable bonds is 3. The average Bonchev–Trinajstić information content (AvgIpc) is 3.02. The van der Waals surface area contributed by atoms with Gasteiger partial charge in [-0.2, -0.15) is 0 Å². The van der Waals surface area contributed by atoms with Gasteiger partial charge in [0.1, 0.15) is 24.6 Å². The molecule has 4 rings (SSSR count). The Balaban J connectivity index is 1.50. The summed E-state index contributed by atoms with van der Waals surface area (Å²) in [6.45, 7) is 2.77. The Morgan fingerprint density at radius 2 is 1.86 bits per heavy atom. The Labute approximate surface area is 129 Å². The summed E-state index contributed by atoms with van der Waals surface area (Å²) in [5.74, 6) is 3.47. The van der Waals surface area contributed by atoms with Gasteiger partial charge in [-0.1, -0.05) is 0 Å². The van der Waals surface area contributed by atoms with Crippen LogP contribution in [-0.4, -0.2) is 20.6 Å². The number of benzene rings is 2. The molecule has 1 unspecified atom stereocenters. The summed E-state index contributed by atoms with van der Waals surface area (Å²) in [7, 11) is 1.68. The van der Waals surface area contributed by atoms with Gasteiger partial charge in [-0.15, -0.1) is 0 Å². The molecule has 0 radical (unpaired) electrons. The van der Waals surface area contributed by atoms with Crippen LogP contribution in [0.4, 0.5) is 0 Å². The van der Waals surface area contributed by atoms with E-state index in [2.05, 4.69) is 12.1 Å². The number of fused-ring (bicyclic) bond motifs is 2. The molecule has 2 aliphatic heterocycles. The standard InChI is InChI=1S/C17H17NO4/c1-19-14-3-5-15-13(7-14)9-18(10-20-15)8-12-2-4-16-17(6-12)22-11-21-16/h2-7H,8-11H2,1H3/p+1. The zero-order valence-electron chi connectivity index (χ0n) is 12.4. The lowest BCUT2D eigenvalue weighted by Crippen LogP contribution is -3.10. The second-order valence-electron chi connectivity index (χ2n) is 5.55. The molecule has 2 aromatic rings. The highest BCUT2D eigenvalue weighted by molar-refractivity contribution is 5.44. The van der Waals surface area contributed by atoms with E-state index >= 15 is 0 Å². The van der Waals surface area contributed by atoms with Crippen LogP contribution in [0.25, 0.3) is 0 Å². The minimum atomic E-state index is 0.311. The predicted octanol–water partition coefficient (Wildman–Crippen LogP) is 1.36. The topological polar surface area (TPSA) is 41.4 Å². The number of ether oxygens (including phenoxy) is 4. The summed E-state index contributed by atoms with van der Waals surface area (Å²) in [4.78, 5) is 1.35. The first-order chi connectivity index (χ1) is 10.8. The minimum absolute atomic E-state index is 0.311. The van der Waals surface area contributed by atoms with Crippen LogP contribution in [0.2, 0.25) is 0 Å². The van der Waals surface area contributed by atoms with Crippen LogP contribution in [0.3, 0.4) is 0 Å². The zero-order valence-corrected chi connectivity index (χ0v) is 12.4. The van der Waals surface area contributed by atoms with Gasteiger partial charge in [0, 0.05) is 5.56 Å². The molecule has 5 heteroatoms. The molecule has 114 valence electrons. The molecule has 2 aliphatic rings. The molecule has 0 saturated carbocycles. The number of methoxy groups -OCH3 is 1. The van der Waals surface area contributed by atoms with Gasteiger partial charge in [0.15, 0.2) is 11.5 Å². The van der Waals surface area contributed by atoms with E-state index in [1.807, 2.05) is 24.3 Å². The molecular formula is C17H18NO4+. The Kier molecular flexibility index (Phi) is 3.27. The van der Waals surface area contributed by atoms with E-state index in [0.717, 1.165) is 36.1 Å². The van der Waals surface area contributed by atoms with Crippen molar-refractivity contribution in [2.75, 3.05) is 20.6 Å². The van der Waals surface area contributed by atoms with E-state index in [1.54, 1.807) is 7.11 Å². The Bertz CT molecular complexity index is 701. The van der Waals surface area contributed by atoms with Crippen molar-refractivity contribution in [1.29, 1.82) is 0 Å². The van der Waals surface area contributed by atoms with Crippen LogP contribution in [0.15, 0.2) is 36.4 Å². The van der Waals surface area contributed by atoms with Crippen LogP contribution >= 0.6 is 0 Å². The molecule has 0 saturated heterocycles. The maximum Gasteiger partial charge on any atom is 0.231 e. The molecule has 5 nitrogen and oxygen atoms in total. The Hall–Kier alpha value is -2.40. The predicted molar refractivity (Wildman–Crippen MR) is 79.4 cm³/mol. The van der Waals surface area contributed by atoms with E-state index in [1.165, 1.54) is 16.0 Å². The first-order valence-electron chi connectivity index (χ1n) is 7.33. The van der Waals surface area contributed by atoms with Crippen LogP contribution in [0.1, 0.15) is 11.1 Å². The monoisotopic (exact) mass is 300 g/mol. The maximum absolute atomic E-state index is 5.85. The second-order valence-corrected chi connectivity index (χ2v) is 5.55. The van der Waals surface area contributed by atoms with Crippen LogP contribution < -0.4 is 23.8 Å². The first kappa shape index (κ1) is 13.3. The SMILES string of the molecule is COc1ccc2c(c1)C[NH+](Cc1ccc3c(c1)OCO3)CO2. The van der Waals surface area contributed by atoms with Crippen molar-refractivity contribution in [3.05, 3.63) is 47.5 Å². The molecule has 2 heterocycles. The molecule has 0 aromatic heterocycles. The minimum Gasteiger partial charge on any atom is -0.497 e. The van der Waals surface area contributed by atoms with Crippen molar-refractivity contribution >= 4 is 0 Å². The van der Waals surface area contributed by atoms with E-state index in [9.17, 15) is 0 Å². The van der Waals surface area contributed by atoms with Crippen LogP contribution in [0.5, 0.6) is 23.0 Å². The summed E-state index contributed by atoms with van der Waals surface area (Å²) < 4.78 is 21.9. The van der Waals surface area contributed by atoms with Gasteiger partial charge in [0.05, 0.1) is 12.7 Å². The molecule has 0 spiro atoms. The average molecular weight is 300 g/mol. The number of nitrogens with one attached hydrogen (secondary N) is 1. The van der Waals surface area contributed by atoms with Gasteiger partial charge < -0.3 is 18.9 Å². The number of hydrogen-bond donors (Lipinski definition) is 1. The summed E-state index contributed by atoms with van der Waals surface area (Å²) in [6.07, 6.45) is 0. The summed E-state index contributed by atoms with van der Waals surface area (Å²) >= 11 is 0. The summed E-state index contributed by atoms with van der Waals surface area (Å²) in [6, 6.07) is 12.1. The highest BCUT2D eigenvalue weighted by Crippen LogP contribution is 2.32. The molecule has 0 bridgehead atoms. The zero-order chi connectivity index (χ0) is 14.9. The fourth-order valence-corrected chi connectivity index (χ4v) is 2.92. The highest BCUT2D eigenvalue weighted by atomic mass is 16.7. The van der Waals surface area contributed by atoms with E-state index < -0.39 is 0 Å². The van der Waals surface area contributed by atoms with Crippen LogP contribution in [-0.2, 0) is 13.1 Å². The van der Waals surface area contributed by atoms with Gasteiger partial charge >= 0.3 is 0 Å². The largest absolute Gasteiger partial charge is 0.497 e. The van der Waals surface area contributed by atoms with Gasteiger partial charge in [-0.05, 0) is 36.4 Å². The van der Waals surface area contributed by atoms with Crippen molar-refractivity contribution in [2.45, 2.75) is 13.1 Å². The highest BCUT2D eigenvalue weighted by Gasteiger charge is 2.22. The van der Waals surface area contributed by atoms with Gasteiger partial charge in [-0.25, -0.2) is 0 Å². The van der Waals surface area contributed by atoms with Gasteiger partial charge in [0.2, 0.25) is 13.5 Å². The second kappa shape index (κ2) is 5.42. The third kappa shape index (κ3) is 2.44. The van der Waals surface area contributed by atoms with Crippen molar-refractivity contribution in [3.8, 4) is 23.0 Å². The van der Waals surface area contributed by atoms with Crippen molar-refractivity contribution in [1.82, 2.24) is 0 Å². The maximum atomic E-state index is 5.85. The lowest BCUT2D eigenvalue weighted by Gasteiger charge is -2.26. The lowest BCUT2D eigenvalue weighted by molar-refractivity contribution is -0.945. The third-order valence-corrected chi connectivity index (χ3v) is 4.03. The molecule has 1 N–H and O–H groups in total. The molecule has 0 amide bonds. The molecular weight excluding hydrogens is 282 g/mol. The molecule has 22 heavy (non-hydrogen) atoms. The third-order valence-electron chi connectivity index (χ3n) is 4.03. The quantitative estimate of drug-likeness (QED) is 0.929. The number of hydrogen-bond acceptors (Lipinski definition) is 4. The fraction of sp³-hybridized carbons (Fsp3) is 0.294. The first-order valence-corrected chi connectivity index (χ1v) is 7.33. The lowest BCUT2D eigenvalue weighted by atomic mass is 10.1. The molecule has 0 aliphatic carbocycles. The van der Waals surface area contributed by atoms with Gasteiger partial charge in [0.25, 0.3) is 0 Å². The number of quaternary nitrogens is 1. The molecule has 1 atom stereocenters. The fourth-order valence-electron chi connectivity index (χ4n) is 2.92. The van der Waals surface area contributed by atoms with E-state index in [4.69, 9.17) is 18.9 Å². The van der Waals surface area contributed by atoms with E-state index in [0.29, 0.717) is 13.5 Å². The Morgan fingerprint density at radius 1 is 1.00 bits per heavy atom. The van der Waals surface area contributed by atoms with Crippen molar-refractivity contribution < 1.29 is 23.8 Å². The summed E-state index contributed by atoms with van der Waals surface area (Å²) in [5.41, 5.74) is 2.40. The van der Waals surface area contributed by atoms with Crippen LogP contribution in [0, 0.1) is 0 Å². The molecule has 0 fully saturated rings. The Morgan fingerprint density at radius 3 is 2.77 bits per heavy atom. The summed E-state index contributed by atoms with van der Waals surface area (Å²) in [5, 5.41) is 0. The van der Waals surface area contributed by atoms with Gasteiger partial charge in [-0.3, -0.25) is 4.90 Å². The van der Waals surface area contributed by atoms with Crippen molar-refractivity contribution in [3.63, 3.8) is 0 Å². The molecule has 2 aromatic carbocycles. The van der Waals surface area contributed by atoms with E-state index in [-0.39, 0.29) is 0 Å². The smallest absolute Gasteiger partial charge is 0.231 e. The van der Waals surface area contributed by atoms with Crippen molar-refractivity contribution in [2.24, 2.45) is 0 Å².